The molecule has 2 heterocycles. The highest BCUT2D eigenvalue weighted by molar-refractivity contribution is 6.16. The molecular weight excluding hydrogens is 338 g/mol. The van der Waals surface area contributed by atoms with E-state index in [0.717, 1.165) is 28.0 Å². The van der Waals surface area contributed by atoms with E-state index in [4.69, 9.17) is 10.7 Å². The van der Waals surface area contributed by atoms with Gasteiger partial charge in [0.1, 0.15) is 17.2 Å². The van der Waals surface area contributed by atoms with Gasteiger partial charge in [0.2, 0.25) is 0 Å². The summed E-state index contributed by atoms with van der Waals surface area (Å²) >= 11 is 0. The molecule has 0 fully saturated rings. The van der Waals surface area contributed by atoms with Gasteiger partial charge in [0.25, 0.3) is 0 Å². The molecule has 6 nitrogen and oxygen atoms in total. The number of rotatable bonds is 3. The third kappa shape index (κ3) is 2.91. The number of hydrogen-bond donors (Lipinski definition) is 3. The predicted molar refractivity (Wildman–Crippen MR) is 108 cm³/mol. The third-order valence-electron chi connectivity index (χ3n) is 4.62. The Hall–Kier alpha value is -3.67. The smallest absolute Gasteiger partial charge is 0.171 e. The molecule has 0 saturated heterocycles. The topological polar surface area (TPSA) is 99.7 Å². The van der Waals surface area contributed by atoms with E-state index in [2.05, 4.69) is 21.8 Å². The number of fused-ring (bicyclic) bond motifs is 1. The summed E-state index contributed by atoms with van der Waals surface area (Å²) in [6.07, 6.45) is 0.636. The first kappa shape index (κ1) is 16.8. The second kappa shape index (κ2) is 6.57. The molecule has 0 saturated carbocycles. The molecule has 0 atom stereocenters. The first-order valence-electron chi connectivity index (χ1n) is 8.54. The lowest BCUT2D eigenvalue weighted by Crippen LogP contribution is -2.15. The molecule has 0 aliphatic carbocycles. The van der Waals surface area contributed by atoms with Crippen LogP contribution in [0.2, 0.25) is 0 Å². The van der Waals surface area contributed by atoms with Crippen molar-refractivity contribution in [3.8, 4) is 17.0 Å². The number of aromatic nitrogens is 2. The monoisotopic (exact) mass is 357 g/mol. The molecule has 0 radical (unpaired) electrons. The van der Waals surface area contributed by atoms with Crippen molar-refractivity contribution in [3.05, 3.63) is 77.5 Å². The van der Waals surface area contributed by atoms with Crippen molar-refractivity contribution in [1.82, 2.24) is 10.2 Å². The van der Waals surface area contributed by atoms with E-state index in [9.17, 15) is 5.11 Å². The van der Waals surface area contributed by atoms with Crippen molar-refractivity contribution < 1.29 is 5.11 Å². The first-order chi connectivity index (χ1) is 13.1. The number of aliphatic imine (C=N–C) groups is 2. The summed E-state index contributed by atoms with van der Waals surface area (Å²) in [6.45, 7) is 4.13. The van der Waals surface area contributed by atoms with Gasteiger partial charge in [-0.3, -0.25) is 10.1 Å². The number of H-pyrrole nitrogens is 1. The molecule has 1 aromatic heterocycles. The van der Waals surface area contributed by atoms with Crippen molar-refractivity contribution in [2.75, 3.05) is 7.05 Å². The third-order valence-corrected chi connectivity index (χ3v) is 4.62. The number of nitrogens with two attached hydrogens (primary N) is 1. The molecule has 0 amide bonds. The summed E-state index contributed by atoms with van der Waals surface area (Å²) in [5, 5.41) is 17.9. The van der Waals surface area contributed by atoms with E-state index in [1.165, 1.54) is 0 Å². The van der Waals surface area contributed by atoms with Gasteiger partial charge in [-0.25, -0.2) is 4.99 Å². The van der Waals surface area contributed by atoms with Gasteiger partial charge in [-0.2, -0.15) is 5.10 Å². The van der Waals surface area contributed by atoms with Gasteiger partial charge in [-0.15, -0.1) is 0 Å². The Morgan fingerprint density at radius 1 is 1.22 bits per heavy atom. The summed E-state index contributed by atoms with van der Waals surface area (Å²) in [5.41, 5.74) is 11.8. The van der Waals surface area contributed by atoms with Crippen LogP contribution in [0.5, 0.6) is 5.75 Å². The Bertz CT molecular complexity index is 1090. The molecule has 27 heavy (non-hydrogen) atoms. The van der Waals surface area contributed by atoms with Crippen molar-refractivity contribution in [2.45, 2.75) is 6.42 Å². The van der Waals surface area contributed by atoms with E-state index in [1.807, 2.05) is 48.5 Å². The normalized spacial score (nSPS) is 14.0. The van der Waals surface area contributed by atoms with Crippen LogP contribution < -0.4 is 5.73 Å². The van der Waals surface area contributed by atoms with Crippen molar-refractivity contribution in [2.24, 2.45) is 15.7 Å². The highest BCUT2D eigenvalue weighted by Gasteiger charge is 2.24. The highest BCUT2D eigenvalue weighted by Crippen LogP contribution is 2.35. The molecule has 134 valence electrons. The zero-order valence-corrected chi connectivity index (χ0v) is 14.9. The Morgan fingerprint density at radius 2 is 2.00 bits per heavy atom. The largest absolute Gasteiger partial charge is 0.504 e. The number of aromatic amines is 1. The molecule has 0 unspecified atom stereocenters. The molecule has 4 N–H and O–H groups in total. The Morgan fingerprint density at radius 3 is 2.74 bits per heavy atom. The fourth-order valence-electron chi connectivity index (χ4n) is 3.15. The van der Waals surface area contributed by atoms with Crippen molar-refractivity contribution >= 4 is 17.2 Å². The van der Waals surface area contributed by atoms with E-state index < -0.39 is 0 Å². The zero-order valence-electron chi connectivity index (χ0n) is 14.9. The molecular formula is C21H19N5O. The quantitative estimate of drug-likeness (QED) is 0.495. The van der Waals surface area contributed by atoms with E-state index in [1.54, 1.807) is 7.05 Å². The molecule has 3 aromatic rings. The number of aromatic hydroxyl groups is 1. The average Bonchev–Trinajstić information content (AvgIpc) is 3.08. The maximum absolute atomic E-state index is 10.7. The van der Waals surface area contributed by atoms with Crippen LogP contribution in [0.25, 0.3) is 11.3 Å². The Labute approximate surface area is 156 Å². The number of allylic oxidation sites excluding steroid dienone is 1. The SMILES string of the molecule is C=C1Cc2ccc(C(N)=NC)cc2N=C1c1[nH]nc(-c2ccccc2)c1O. The van der Waals surface area contributed by atoms with Gasteiger partial charge in [0.15, 0.2) is 5.75 Å². The van der Waals surface area contributed by atoms with Crippen LogP contribution in [0.15, 0.2) is 70.7 Å². The minimum Gasteiger partial charge on any atom is -0.504 e. The van der Waals surface area contributed by atoms with Crippen molar-refractivity contribution in [3.63, 3.8) is 0 Å². The average molecular weight is 357 g/mol. The van der Waals surface area contributed by atoms with E-state index >= 15 is 0 Å². The van der Waals surface area contributed by atoms with Gasteiger partial charge in [0.05, 0.1) is 11.4 Å². The standard InChI is InChI=1S/C21H19N5O/c1-12-10-14-8-9-15(21(22)23-2)11-16(14)24-17(12)19-20(27)18(25-26-19)13-6-4-3-5-7-13/h3-9,11,27H,1,10H2,2H3,(H2,22,23)(H,25,26). The van der Waals surface area contributed by atoms with Crippen LogP contribution in [-0.4, -0.2) is 33.9 Å². The molecule has 6 heteroatoms. The number of benzene rings is 2. The minimum absolute atomic E-state index is 0.0651. The summed E-state index contributed by atoms with van der Waals surface area (Å²) in [6, 6.07) is 15.3. The van der Waals surface area contributed by atoms with Gasteiger partial charge < -0.3 is 10.8 Å². The Balaban J connectivity index is 1.80. The minimum atomic E-state index is 0.0651. The van der Waals surface area contributed by atoms with Gasteiger partial charge >= 0.3 is 0 Å². The fraction of sp³-hybridized carbons (Fsp3) is 0.0952. The number of nitrogens with zero attached hydrogens (tertiary/aromatic N) is 3. The summed E-state index contributed by atoms with van der Waals surface area (Å²) in [4.78, 5) is 8.74. The van der Waals surface area contributed by atoms with Crippen LogP contribution in [0.4, 0.5) is 5.69 Å². The highest BCUT2D eigenvalue weighted by atomic mass is 16.3. The van der Waals surface area contributed by atoms with E-state index in [-0.39, 0.29) is 5.75 Å². The van der Waals surface area contributed by atoms with Crippen LogP contribution in [0.3, 0.4) is 0 Å². The summed E-state index contributed by atoms with van der Waals surface area (Å²) < 4.78 is 0. The lowest BCUT2D eigenvalue weighted by atomic mass is 9.94. The zero-order chi connectivity index (χ0) is 19.0. The summed E-state index contributed by atoms with van der Waals surface area (Å²) in [7, 11) is 1.65. The summed E-state index contributed by atoms with van der Waals surface area (Å²) in [5.74, 6) is 0.519. The van der Waals surface area contributed by atoms with Crippen molar-refractivity contribution in [1.29, 1.82) is 0 Å². The number of amidine groups is 1. The molecule has 4 rings (SSSR count). The Kier molecular flexibility index (Phi) is 4.08. The van der Waals surface area contributed by atoms with Crippen LogP contribution in [0, 0.1) is 0 Å². The van der Waals surface area contributed by atoms with Crippen LogP contribution in [0.1, 0.15) is 16.8 Å². The molecule has 2 aromatic carbocycles. The maximum Gasteiger partial charge on any atom is 0.171 e. The molecule has 1 aliphatic rings. The molecule has 1 aliphatic heterocycles. The molecule has 0 bridgehead atoms. The second-order valence-corrected chi connectivity index (χ2v) is 6.35. The predicted octanol–water partition coefficient (Wildman–Crippen LogP) is 3.35. The van der Waals surface area contributed by atoms with Gasteiger partial charge in [-0.1, -0.05) is 49.0 Å². The first-order valence-corrected chi connectivity index (χ1v) is 8.54. The van der Waals surface area contributed by atoms with Crippen LogP contribution in [-0.2, 0) is 6.42 Å². The maximum atomic E-state index is 10.7. The van der Waals surface area contributed by atoms with Gasteiger partial charge in [0, 0.05) is 24.6 Å². The fourth-order valence-corrected chi connectivity index (χ4v) is 3.15. The number of hydrogen-bond acceptors (Lipinski definition) is 4. The molecule has 0 spiro atoms. The van der Waals surface area contributed by atoms with E-state index in [0.29, 0.717) is 29.4 Å². The second-order valence-electron chi connectivity index (χ2n) is 6.35. The van der Waals surface area contributed by atoms with Gasteiger partial charge in [-0.05, 0) is 17.2 Å². The number of nitrogens with one attached hydrogen (secondary N) is 1. The lowest BCUT2D eigenvalue weighted by molar-refractivity contribution is 0.476. The van der Waals surface area contributed by atoms with Crippen LogP contribution >= 0.6 is 0 Å². The lowest BCUT2D eigenvalue weighted by Gasteiger charge is -2.18.